The Kier molecular flexibility index (Phi) is 7.55. The Hall–Kier alpha value is -2.94. The molecule has 0 aromatic heterocycles. The predicted molar refractivity (Wildman–Crippen MR) is 116 cm³/mol. The highest BCUT2D eigenvalue weighted by Crippen LogP contribution is 2.31. The minimum atomic E-state index is -3.72. The lowest BCUT2D eigenvalue weighted by Gasteiger charge is -2.26. The van der Waals surface area contributed by atoms with Gasteiger partial charge >= 0.3 is 0 Å². The highest BCUT2D eigenvalue weighted by atomic mass is 32.2. The Bertz CT molecular complexity index is 1010. The molecule has 8 nitrogen and oxygen atoms in total. The summed E-state index contributed by atoms with van der Waals surface area (Å²) in [7, 11) is 2.44. The molecular weight excluding hydrogens is 408 g/mol. The number of methoxy groups -OCH3 is 3. The summed E-state index contributed by atoms with van der Waals surface area (Å²) in [5, 5.41) is 0. The van der Waals surface area contributed by atoms with E-state index < -0.39 is 10.0 Å². The van der Waals surface area contributed by atoms with Crippen molar-refractivity contribution >= 4 is 21.6 Å². The van der Waals surface area contributed by atoms with Gasteiger partial charge in [0.25, 0.3) is 0 Å². The van der Waals surface area contributed by atoms with Gasteiger partial charge in [-0.05, 0) is 42.3 Å². The number of amides is 1. The van der Waals surface area contributed by atoms with Crippen LogP contribution in [0.25, 0.3) is 0 Å². The van der Waals surface area contributed by atoms with Gasteiger partial charge in [-0.3, -0.25) is 9.10 Å². The molecule has 0 saturated carbocycles. The van der Waals surface area contributed by atoms with E-state index in [1.165, 1.54) is 19.1 Å². The summed E-state index contributed by atoms with van der Waals surface area (Å²) in [6.45, 7) is 1.78. The van der Waals surface area contributed by atoms with Gasteiger partial charge in [0.15, 0.2) is 11.5 Å². The van der Waals surface area contributed by atoms with Crippen LogP contribution in [-0.2, 0) is 21.4 Å². The Morgan fingerprint density at radius 3 is 2.10 bits per heavy atom. The number of benzene rings is 2. The number of hydrogen-bond acceptors (Lipinski definition) is 6. The zero-order valence-electron chi connectivity index (χ0n) is 18.1. The maximum atomic E-state index is 12.9. The van der Waals surface area contributed by atoms with Gasteiger partial charge in [0.05, 0.1) is 33.3 Å². The minimum absolute atomic E-state index is 0.280. The smallest absolute Gasteiger partial charge is 0.243 e. The quantitative estimate of drug-likeness (QED) is 0.600. The number of ether oxygens (including phenoxy) is 3. The lowest BCUT2D eigenvalue weighted by molar-refractivity contribution is -0.128. The second-order valence-electron chi connectivity index (χ2n) is 6.88. The molecule has 0 unspecified atom stereocenters. The molecule has 0 N–H and O–H groups in total. The first-order valence-corrected chi connectivity index (χ1v) is 11.0. The molecule has 1 amide bonds. The summed E-state index contributed by atoms with van der Waals surface area (Å²) in [5.74, 6) is 1.16. The van der Waals surface area contributed by atoms with E-state index in [-0.39, 0.29) is 19.0 Å². The molecule has 0 heterocycles. The van der Waals surface area contributed by atoms with Crippen LogP contribution in [-0.4, -0.2) is 60.4 Å². The van der Waals surface area contributed by atoms with E-state index in [4.69, 9.17) is 14.2 Å². The second kappa shape index (κ2) is 9.71. The molecule has 0 radical (unpaired) electrons. The highest BCUT2D eigenvalue weighted by molar-refractivity contribution is 7.92. The number of anilines is 1. The van der Waals surface area contributed by atoms with Gasteiger partial charge in [0, 0.05) is 13.6 Å². The third kappa shape index (κ3) is 5.56. The van der Waals surface area contributed by atoms with Crippen LogP contribution in [0, 0.1) is 6.92 Å². The normalized spacial score (nSPS) is 11.0. The van der Waals surface area contributed by atoms with Gasteiger partial charge in [-0.15, -0.1) is 0 Å². The van der Waals surface area contributed by atoms with Crippen LogP contribution in [0.1, 0.15) is 11.1 Å². The average Bonchev–Trinajstić information content (AvgIpc) is 2.70. The minimum Gasteiger partial charge on any atom is -0.495 e. The molecular formula is C21H28N2O6S. The molecule has 0 spiro atoms. The van der Waals surface area contributed by atoms with Crippen molar-refractivity contribution in [1.29, 1.82) is 0 Å². The van der Waals surface area contributed by atoms with Crippen LogP contribution < -0.4 is 18.5 Å². The maximum absolute atomic E-state index is 12.9. The van der Waals surface area contributed by atoms with Gasteiger partial charge in [0.1, 0.15) is 12.3 Å². The molecule has 2 rings (SSSR count). The molecule has 0 fully saturated rings. The van der Waals surface area contributed by atoms with Crippen molar-refractivity contribution in [3.05, 3.63) is 47.5 Å². The van der Waals surface area contributed by atoms with Gasteiger partial charge < -0.3 is 19.1 Å². The molecule has 0 aliphatic rings. The van der Waals surface area contributed by atoms with E-state index in [1.54, 1.807) is 38.4 Å². The number of carbonyl (C=O) groups is 1. The van der Waals surface area contributed by atoms with Crippen molar-refractivity contribution in [2.24, 2.45) is 0 Å². The fourth-order valence-electron chi connectivity index (χ4n) is 2.96. The number of hydrogen-bond donors (Lipinski definition) is 0. The molecule has 2 aromatic rings. The zero-order valence-corrected chi connectivity index (χ0v) is 18.9. The van der Waals surface area contributed by atoms with Gasteiger partial charge in [-0.2, -0.15) is 0 Å². The summed E-state index contributed by atoms with van der Waals surface area (Å²) < 4.78 is 41.8. The lowest BCUT2D eigenvalue weighted by Crippen LogP contribution is -2.41. The van der Waals surface area contributed by atoms with Crippen molar-refractivity contribution in [2.75, 3.05) is 45.5 Å². The summed E-state index contributed by atoms with van der Waals surface area (Å²) in [6.07, 6.45) is 1.07. The second-order valence-corrected chi connectivity index (χ2v) is 8.79. The van der Waals surface area contributed by atoms with Crippen molar-refractivity contribution in [2.45, 2.75) is 13.5 Å². The highest BCUT2D eigenvalue weighted by Gasteiger charge is 2.25. The molecule has 2 aromatic carbocycles. The molecule has 0 aliphatic carbocycles. The fraction of sp³-hybridized carbons (Fsp3) is 0.381. The molecule has 9 heteroatoms. The van der Waals surface area contributed by atoms with E-state index in [9.17, 15) is 13.2 Å². The van der Waals surface area contributed by atoms with E-state index in [2.05, 4.69) is 0 Å². The van der Waals surface area contributed by atoms with E-state index >= 15 is 0 Å². The van der Waals surface area contributed by atoms with Crippen LogP contribution >= 0.6 is 0 Å². The standard InChI is InChI=1S/C21H28N2O6S/c1-15-7-9-18(27-3)17(11-15)23(30(6,25)26)14-21(24)22(2)13-16-8-10-19(28-4)20(12-16)29-5/h7-12H,13-14H2,1-6H3. The van der Waals surface area contributed by atoms with E-state index in [0.717, 1.165) is 21.7 Å². The summed E-state index contributed by atoms with van der Waals surface area (Å²) in [4.78, 5) is 14.3. The Labute approximate surface area is 178 Å². The lowest BCUT2D eigenvalue weighted by atomic mass is 10.2. The van der Waals surface area contributed by atoms with Crippen molar-refractivity contribution in [3.63, 3.8) is 0 Å². The largest absolute Gasteiger partial charge is 0.495 e. The van der Waals surface area contributed by atoms with E-state index in [1.807, 2.05) is 19.1 Å². The van der Waals surface area contributed by atoms with Gasteiger partial charge in [0.2, 0.25) is 15.9 Å². The third-order valence-corrected chi connectivity index (χ3v) is 5.70. The van der Waals surface area contributed by atoms with Crippen molar-refractivity contribution < 1.29 is 27.4 Å². The third-order valence-electron chi connectivity index (χ3n) is 4.58. The fourth-order valence-corrected chi connectivity index (χ4v) is 3.81. The maximum Gasteiger partial charge on any atom is 0.243 e. The number of sulfonamides is 1. The Morgan fingerprint density at radius 2 is 1.53 bits per heavy atom. The topological polar surface area (TPSA) is 85.4 Å². The van der Waals surface area contributed by atoms with Crippen LogP contribution in [0.3, 0.4) is 0 Å². The van der Waals surface area contributed by atoms with Crippen molar-refractivity contribution in [3.8, 4) is 17.2 Å². The summed E-state index contributed by atoms with van der Waals surface area (Å²) in [6, 6.07) is 10.5. The van der Waals surface area contributed by atoms with Crippen molar-refractivity contribution in [1.82, 2.24) is 4.90 Å². The van der Waals surface area contributed by atoms with Crippen LogP contribution in [0.4, 0.5) is 5.69 Å². The molecule has 164 valence electrons. The molecule has 0 aliphatic heterocycles. The van der Waals surface area contributed by atoms with Crippen LogP contribution in [0.15, 0.2) is 36.4 Å². The summed E-state index contributed by atoms with van der Waals surface area (Å²) >= 11 is 0. The molecule has 0 saturated heterocycles. The number of aryl methyl sites for hydroxylation is 1. The number of rotatable bonds is 9. The Balaban J connectivity index is 2.25. The number of nitrogens with zero attached hydrogens (tertiary/aromatic N) is 2. The van der Waals surface area contributed by atoms with E-state index in [0.29, 0.717) is 22.9 Å². The van der Waals surface area contributed by atoms with Crippen LogP contribution in [0.2, 0.25) is 0 Å². The SMILES string of the molecule is COc1ccc(CN(C)C(=O)CN(c2cc(C)ccc2OC)S(C)(=O)=O)cc1OC. The monoisotopic (exact) mass is 436 g/mol. The number of carbonyl (C=O) groups excluding carboxylic acids is 1. The number of likely N-dealkylation sites (N-methyl/N-ethyl adjacent to an activating group) is 1. The Morgan fingerprint density at radius 1 is 0.933 bits per heavy atom. The zero-order chi connectivity index (χ0) is 22.5. The first-order chi connectivity index (χ1) is 14.1. The first-order valence-electron chi connectivity index (χ1n) is 9.18. The average molecular weight is 437 g/mol. The molecule has 0 atom stereocenters. The van der Waals surface area contributed by atoms with Gasteiger partial charge in [-0.25, -0.2) is 8.42 Å². The van der Waals surface area contributed by atoms with Gasteiger partial charge in [-0.1, -0.05) is 12.1 Å². The summed E-state index contributed by atoms with van der Waals surface area (Å²) in [5.41, 5.74) is 2.00. The molecule has 30 heavy (non-hydrogen) atoms. The van der Waals surface area contributed by atoms with Crippen LogP contribution in [0.5, 0.6) is 17.2 Å². The predicted octanol–water partition coefficient (Wildman–Crippen LogP) is 2.45. The molecule has 0 bridgehead atoms. The first kappa shape index (κ1) is 23.3.